The molecule has 1 aliphatic heterocycles. The standard InChI is InChI=1S/C16H21BrN6O2/c1-15(2,3)25-14(24)22-6-16(7-22)4-9(5-16)23-13-10(11(17)21-23)12(18)19-8-20-13/h8-9H,4-7H2,1-3H3,(H2,18,19,20). The van der Waals surface area contributed by atoms with E-state index in [4.69, 9.17) is 10.5 Å². The Morgan fingerprint density at radius 2 is 2.04 bits per heavy atom. The van der Waals surface area contributed by atoms with Crippen molar-refractivity contribution in [1.82, 2.24) is 24.6 Å². The zero-order chi connectivity index (χ0) is 18.0. The second kappa shape index (κ2) is 5.30. The van der Waals surface area contributed by atoms with Gasteiger partial charge in [0.2, 0.25) is 0 Å². The van der Waals surface area contributed by atoms with Gasteiger partial charge < -0.3 is 15.4 Å². The number of fused-ring (bicyclic) bond motifs is 1. The first kappa shape index (κ1) is 16.6. The maximum absolute atomic E-state index is 12.1. The molecule has 2 aromatic rings. The Kier molecular flexibility index (Phi) is 3.51. The van der Waals surface area contributed by atoms with Crippen molar-refractivity contribution in [3.05, 3.63) is 10.9 Å². The molecule has 0 atom stereocenters. The zero-order valence-corrected chi connectivity index (χ0v) is 16.1. The van der Waals surface area contributed by atoms with Gasteiger partial charge in [0.15, 0.2) is 5.65 Å². The summed E-state index contributed by atoms with van der Waals surface area (Å²) in [5.74, 6) is 0.428. The summed E-state index contributed by atoms with van der Waals surface area (Å²) in [6, 6.07) is 0.267. The lowest BCUT2D eigenvalue weighted by Gasteiger charge is -2.58. The smallest absolute Gasteiger partial charge is 0.410 e. The van der Waals surface area contributed by atoms with Crippen molar-refractivity contribution in [2.75, 3.05) is 18.8 Å². The predicted octanol–water partition coefficient (Wildman–Crippen LogP) is 2.74. The van der Waals surface area contributed by atoms with E-state index in [1.54, 1.807) is 4.90 Å². The van der Waals surface area contributed by atoms with Crippen LogP contribution in [0.5, 0.6) is 0 Å². The molecule has 9 heteroatoms. The van der Waals surface area contributed by atoms with E-state index in [1.165, 1.54) is 6.33 Å². The minimum Gasteiger partial charge on any atom is -0.444 e. The van der Waals surface area contributed by atoms with Crippen LogP contribution in [0.25, 0.3) is 11.0 Å². The van der Waals surface area contributed by atoms with Crippen LogP contribution in [0.1, 0.15) is 39.7 Å². The van der Waals surface area contributed by atoms with Crippen LogP contribution in [0.15, 0.2) is 10.9 Å². The molecule has 1 saturated carbocycles. The van der Waals surface area contributed by atoms with Crippen molar-refractivity contribution in [3.63, 3.8) is 0 Å². The van der Waals surface area contributed by atoms with Crippen LogP contribution in [0, 0.1) is 5.41 Å². The molecule has 4 rings (SSSR count). The Labute approximate surface area is 153 Å². The number of nitrogen functional groups attached to an aromatic ring is 1. The van der Waals surface area contributed by atoms with Crippen LogP contribution < -0.4 is 5.73 Å². The van der Waals surface area contributed by atoms with E-state index >= 15 is 0 Å². The fraction of sp³-hybridized carbons (Fsp3) is 0.625. The van der Waals surface area contributed by atoms with Crippen molar-refractivity contribution in [2.45, 2.75) is 45.3 Å². The van der Waals surface area contributed by atoms with Crippen molar-refractivity contribution in [3.8, 4) is 0 Å². The van der Waals surface area contributed by atoms with Crippen molar-refractivity contribution in [1.29, 1.82) is 0 Å². The van der Waals surface area contributed by atoms with Gasteiger partial charge in [0, 0.05) is 18.5 Å². The molecule has 8 nitrogen and oxygen atoms in total. The number of carbonyl (C=O) groups excluding carboxylic acids is 1. The van der Waals surface area contributed by atoms with Crippen molar-refractivity contribution in [2.24, 2.45) is 5.41 Å². The van der Waals surface area contributed by atoms with E-state index in [1.807, 2.05) is 25.5 Å². The fourth-order valence-corrected chi connectivity index (χ4v) is 4.35. The molecule has 1 amide bonds. The highest BCUT2D eigenvalue weighted by Crippen LogP contribution is 2.54. The molecule has 2 N–H and O–H groups in total. The lowest BCUT2D eigenvalue weighted by atomic mass is 9.61. The summed E-state index contributed by atoms with van der Waals surface area (Å²) in [4.78, 5) is 22.2. The number of anilines is 1. The molecule has 25 heavy (non-hydrogen) atoms. The Morgan fingerprint density at radius 3 is 2.68 bits per heavy atom. The summed E-state index contributed by atoms with van der Waals surface area (Å²) < 4.78 is 8.02. The molecular formula is C16H21BrN6O2. The summed E-state index contributed by atoms with van der Waals surface area (Å²) in [6.45, 7) is 7.14. The maximum atomic E-state index is 12.1. The first-order valence-electron chi connectivity index (χ1n) is 8.30. The largest absolute Gasteiger partial charge is 0.444 e. The van der Waals surface area contributed by atoms with Crippen molar-refractivity contribution < 1.29 is 9.53 Å². The number of hydrogen-bond donors (Lipinski definition) is 1. The molecule has 3 heterocycles. The van der Waals surface area contributed by atoms with E-state index < -0.39 is 5.60 Å². The topological polar surface area (TPSA) is 99.2 Å². The molecule has 0 bridgehead atoms. The Balaban J connectivity index is 1.43. The van der Waals surface area contributed by atoms with Crippen LogP contribution in [-0.2, 0) is 4.74 Å². The van der Waals surface area contributed by atoms with Crippen LogP contribution >= 0.6 is 15.9 Å². The minimum absolute atomic E-state index is 0.185. The van der Waals surface area contributed by atoms with Crippen LogP contribution in [0.3, 0.4) is 0 Å². The molecule has 2 aromatic heterocycles. The van der Waals surface area contributed by atoms with Crippen LogP contribution in [0.2, 0.25) is 0 Å². The van der Waals surface area contributed by atoms with E-state index in [2.05, 4.69) is 31.0 Å². The van der Waals surface area contributed by atoms with E-state index in [0.29, 0.717) is 10.4 Å². The van der Waals surface area contributed by atoms with Gasteiger partial charge in [0.05, 0.1) is 11.4 Å². The highest BCUT2D eigenvalue weighted by molar-refractivity contribution is 9.10. The number of aromatic nitrogens is 4. The van der Waals surface area contributed by atoms with E-state index in [-0.39, 0.29) is 17.6 Å². The normalized spacial score (nSPS) is 19.8. The molecule has 1 aliphatic carbocycles. The monoisotopic (exact) mass is 408 g/mol. The minimum atomic E-state index is -0.456. The van der Waals surface area contributed by atoms with Gasteiger partial charge in [-0.1, -0.05) is 0 Å². The molecule has 134 valence electrons. The number of carbonyl (C=O) groups is 1. The van der Waals surface area contributed by atoms with Crippen LogP contribution in [0.4, 0.5) is 10.6 Å². The molecule has 0 unspecified atom stereocenters. The SMILES string of the molecule is CC(C)(C)OC(=O)N1CC2(CC(n3nc(Br)c4c(N)ncnc43)C2)C1. The number of hydrogen-bond acceptors (Lipinski definition) is 6. The first-order chi connectivity index (χ1) is 11.7. The Bertz CT molecular complexity index is 844. The molecule has 1 saturated heterocycles. The number of rotatable bonds is 1. The molecule has 0 aromatic carbocycles. The second-order valence-corrected chi connectivity index (χ2v) is 8.84. The lowest BCUT2D eigenvalue weighted by Crippen LogP contribution is -2.64. The molecule has 2 fully saturated rings. The van der Waals surface area contributed by atoms with Gasteiger partial charge >= 0.3 is 6.09 Å². The Morgan fingerprint density at radius 1 is 1.36 bits per heavy atom. The van der Waals surface area contributed by atoms with E-state index in [9.17, 15) is 4.79 Å². The fourth-order valence-electron chi connectivity index (χ4n) is 3.80. The molecule has 0 radical (unpaired) electrons. The van der Waals surface area contributed by atoms with Crippen LogP contribution in [-0.4, -0.2) is 49.4 Å². The third-order valence-corrected chi connectivity index (χ3v) is 5.42. The van der Waals surface area contributed by atoms with Gasteiger partial charge in [-0.2, -0.15) is 5.10 Å². The van der Waals surface area contributed by atoms with Gasteiger partial charge in [-0.05, 0) is 49.5 Å². The van der Waals surface area contributed by atoms with Gasteiger partial charge in [0.1, 0.15) is 22.3 Å². The van der Waals surface area contributed by atoms with Gasteiger partial charge in [-0.3, -0.25) is 0 Å². The lowest BCUT2D eigenvalue weighted by molar-refractivity contribution is -0.0921. The molecule has 2 aliphatic rings. The number of ether oxygens (including phenoxy) is 1. The number of likely N-dealkylation sites (tertiary alicyclic amines) is 1. The predicted molar refractivity (Wildman–Crippen MR) is 95.9 cm³/mol. The van der Waals surface area contributed by atoms with Crippen molar-refractivity contribution >= 4 is 38.9 Å². The summed E-state index contributed by atoms with van der Waals surface area (Å²) in [7, 11) is 0. The average Bonchev–Trinajstić information content (AvgIpc) is 2.72. The summed E-state index contributed by atoms with van der Waals surface area (Å²) in [5, 5.41) is 5.30. The quantitative estimate of drug-likeness (QED) is 0.778. The Hall–Kier alpha value is -1.90. The van der Waals surface area contributed by atoms with Gasteiger partial charge in [0.25, 0.3) is 0 Å². The van der Waals surface area contributed by atoms with Gasteiger partial charge in [-0.25, -0.2) is 19.4 Å². The third-order valence-electron chi connectivity index (χ3n) is 4.86. The number of nitrogens with two attached hydrogens (primary N) is 1. The summed E-state index contributed by atoms with van der Waals surface area (Å²) >= 11 is 3.44. The summed E-state index contributed by atoms with van der Waals surface area (Å²) in [5.41, 5.74) is 6.41. The second-order valence-electron chi connectivity index (χ2n) is 8.09. The maximum Gasteiger partial charge on any atom is 0.410 e. The number of nitrogens with zero attached hydrogens (tertiary/aromatic N) is 5. The van der Waals surface area contributed by atoms with E-state index in [0.717, 1.165) is 37.0 Å². The first-order valence-corrected chi connectivity index (χ1v) is 9.09. The summed E-state index contributed by atoms with van der Waals surface area (Å²) in [6.07, 6.45) is 3.18. The molecular weight excluding hydrogens is 388 g/mol. The highest BCUT2D eigenvalue weighted by Gasteiger charge is 2.55. The number of halogens is 1. The number of amides is 1. The van der Waals surface area contributed by atoms with Gasteiger partial charge in [-0.15, -0.1) is 0 Å². The third kappa shape index (κ3) is 2.74. The highest BCUT2D eigenvalue weighted by atomic mass is 79.9. The zero-order valence-electron chi connectivity index (χ0n) is 14.5. The molecule has 1 spiro atoms. The average molecular weight is 409 g/mol.